The summed E-state index contributed by atoms with van der Waals surface area (Å²) in [5, 5.41) is 11.3. The molecule has 21 heavy (non-hydrogen) atoms. The molecule has 0 aromatic rings. The van der Waals surface area contributed by atoms with Crippen LogP contribution in [0.25, 0.3) is 0 Å². The van der Waals surface area contributed by atoms with E-state index in [1.807, 2.05) is 38.9 Å². The van der Waals surface area contributed by atoms with Gasteiger partial charge in [0.2, 0.25) is 11.8 Å². The van der Waals surface area contributed by atoms with Crippen LogP contribution in [0.3, 0.4) is 0 Å². The summed E-state index contributed by atoms with van der Waals surface area (Å²) in [6.45, 7) is 5.46. The van der Waals surface area contributed by atoms with E-state index in [0.717, 1.165) is 13.0 Å². The van der Waals surface area contributed by atoms with Crippen LogP contribution in [0.2, 0.25) is 0 Å². The summed E-state index contributed by atoms with van der Waals surface area (Å²) in [4.78, 5) is 28.2. The monoisotopic (exact) mass is 294 g/mol. The number of rotatable bonds is 6. The van der Waals surface area contributed by atoms with Crippen LogP contribution in [-0.2, 0) is 9.59 Å². The molecule has 1 aliphatic heterocycles. The minimum atomic E-state index is -0.522. The fourth-order valence-corrected chi connectivity index (χ4v) is 2.59. The number of nitrogens with one attached hydrogen (secondary N) is 1. The summed E-state index contributed by atoms with van der Waals surface area (Å²) in [6.07, 6.45) is 1.35. The molecule has 0 spiro atoms. The fraction of sp³-hybridized carbons (Fsp3) is 0.800. The first-order valence-electron chi connectivity index (χ1n) is 7.46. The smallest absolute Gasteiger partial charge is 0.245 e. The zero-order chi connectivity index (χ0) is 16.0. The van der Waals surface area contributed by atoms with Crippen molar-refractivity contribution in [2.75, 3.05) is 27.2 Å². The number of carbonyl (C=O) groups excluding carboxylic acids is 2. The molecule has 0 aliphatic carbocycles. The first-order valence-corrected chi connectivity index (χ1v) is 7.46. The Labute approximate surface area is 127 Å². The number of nitrogens with zero attached hydrogens (tertiary/aromatic N) is 3. The second kappa shape index (κ2) is 7.99. The van der Waals surface area contributed by atoms with Crippen LogP contribution in [0.4, 0.5) is 0 Å². The quantitative estimate of drug-likeness (QED) is 0.778. The molecular formula is C15H26N4O2. The highest BCUT2D eigenvalue weighted by Gasteiger charge is 2.32. The van der Waals surface area contributed by atoms with Gasteiger partial charge in [0.25, 0.3) is 0 Å². The minimum absolute atomic E-state index is 0.0284. The third kappa shape index (κ3) is 5.35. The molecule has 6 heteroatoms. The molecular weight excluding hydrogens is 268 g/mol. The molecule has 118 valence electrons. The highest BCUT2D eigenvalue weighted by atomic mass is 16.2. The van der Waals surface area contributed by atoms with Crippen molar-refractivity contribution in [3.63, 3.8) is 0 Å². The molecule has 1 aliphatic rings. The number of nitriles is 1. The molecule has 0 aromatic heterocycles. The molecule has 0 saturated carbocycles. The number of likely N-dealkylation sites (tertiary alicyclic amines) is 1. The summed E-state index contributed by atoms with van der Waals surface area (Å²) >= 11 is 0. The Morgan fingerprint density at radius 2 is 2.10 bits per heavy atom. The van der Waals surface area contributed by atoms with Gasteiger partial charge in [-0.3, -0.25) is 9.59 Å². The molecule has 0 radical (unpaired) electrons. The Morgan fingerprint density at radius 1 is 1.43 bits per heavy atom. The number of likely N-dealkylation sites (N-methyl/N-ethyl adjacent to an activating group) is 1. The van der Waals surface area contributed by atoms with Crippen LogP contribution in [0.15, 0.2) is 0 Å². The van der Waals surface area contributed by atoms with Gasteiger partial charge in [-0.1, -0.05) is 13.8 Å². The van der Waals surface area contributed by atoms with Crippen LogP contribution in [0, 0.1) is 17.2 Å². The van der Waals surface area contributed by atoms with Crippen molar-refractivity contribution in [2.45, 2.75) is 45.2 Å². The Bertz CT molecular complexity index is 414. The van der Waals surface area contributed by atoms with Crippen molar-refractivity contribution < 1.29 is 9.59 Å². The lowest BCUT2D eigenvalue weighted by Crippen LogP contribution is -2.49. The van der Waals surface area contributed by atoms with Gasteiger partial charge in [-0.2, -0.15) is 5.26 Å². The van der Waals surface area contributed by atoms with Crippen molar-refractivity contribution in [1.82, 2.24) is 15.1 Å². The molecule has 1 rings (SSSR count). The van der Waals surface area contributed by atoms with Crippen molar-refractivity contribution in [2.24, 2.45) is 5.92 Å². The molecule has 1 heterocycles. The van der Waals surface area contributed by atoms with E-state index < -0.39 is 6.04 Å². The van der Waals surface area contributed by atoms with E-state index in [1.54, 1.807) is 0 Å². The van der Waals surface area contributed by atoms with Crippen LogP contribution < -0.4 is 5.32 Å². The minimum Gasteiger partial charge on any atom is -0.343 e. The molecule has 0 aromatic carbocycles. The maximum atomic E-state index is 12.6. The number of hydrogen-bond donors (Lipinski definition) is 1. The number of carbonyl (C=O) groups is 2. The SMILES string of the molecule is CC(C)C[C@H](NC(=O)CC#N)C(=O)N1CCC(N(C)C)C1. The van der Waals surface area contributed by atoms with E-state index in [4.69, 9.17) is 5.26 Å². The molecule has 1 fully saturated rings. The zero-order valence-corrected chi connectivity index (χ0v) is 13.4. The molecule has 2 amide bonds. The predicted octanol–water partition coefficient (Wildman–Crippen LogP) is 0.593. The molecule has 6 nitrogen and oxygen atoms in total. The van der Waals surface area contributed by atoms with Gasteiger partial charge in [-0.05, 0) is 32.9 Å². The van der Waals surface area contributed by atoms with Crippen LogP contribution in [0.5, 0.6) is 0 Å². The van der Waals surface area contributed by atoms with E-state index in [-0.39, 0.29) is 18.2 Å². The van der Waals surface area contributed by atoms with Gasteiger partial charge in [0, 0.05) is 19.1 Å². The first kappa shape index (κ1) is 17.4. The van der Waals surface area contributed by atoms with E-state index in [2.05, 4.69) is 10.2 Å². The van der Waals surface area contributed by atoms with Gasteiger partial charge in [-0.15, -0.1) is 0 Å². The third-order valence-electron chi connectivity index (χ3n) is 3.79. The molecule has 1 unspecified atom stereocenters. The van der Waals surface area contributed by atoms with E-state index >= 15 is 0 Å². The molecule has 2 atom stereocenters. The zero-order valence-electron chi connectivity index (χ0n) is 13.4. The summed E-state index contributed by atoms with van der Waals surface area (Å²) in [7, 11) is 4.03. The standard InChI is InChI=1S/C15H26N4O2/c1-11(2)9-13(17-14(20)5-7-16)15(21)19-8-6-12(10-19)18(3)4/h11-13H,5-6,8-10H2,1-4H3,(H,17,20)/t12?,13-/m0/s1. The summed E-state index contributed by atoms with van der Waals surface area (Å²) < 4.78 is 0. The maximum Gasteiger partial charge on any atom is 0.245 e. The van der Waals surface area contributed by atoms with Gasteiger partial charge < -0.3 is 15.1 Å². The third-order valence-corrected chi connectivity index (χ3v) is 3.79. The second-order valence-corrected chi connectivity index (χ2v) is 6.27. The van der Waals surface area contributed by atoms with E-state index in [0.29, 0.717) is 24.9 Å². The fourth-order valence-electron chi connectivity index (χ4n) is 2.59. The van der Waals surface area contributed by atoms with Crippen LogP contribution in [-0.4, -0.2) is 60.9 Å². The van der Waals surface area contributed by atoms with Crippen LogP contribution >= 0.6 is 0 Å². The van der Waals surface area contributed by atoms with Crippen molar-refractivity contribution in [3.05, 3.63) is 0 Å². The lowest BCUT2D eigenvalue weighted by atomic mass is 10.0. The Balaban J connectivity index is 2.67. The maximum absolute atomic E-state index is 12.6. The molecule has 1 saturated heterocycles. The predicted molar refractivity (Wildman–Crippen MR) is 80.3 cm³/mol. The van der Waals surface area contributed by atoms with Gasteiger partial charge in [-0.25, -0.2) is 0 Å². The van der Waals surface area contributed by atoms with Gasteiger partial charge >= 0.3 is 0 Å². The largest absolute Gasteiger partial charge is 0.343 e. The first-order chi connectivity index (χ1) is 9.85. The Kier molecular flexibility index (Phi) is 6.63. The van der Waals surface area contributed by atoms with Crippen molar-refractivity contribution in [1.29, 1.82) is 5.26 Å². The second-order valence-electron chi connectivity index (χ2n) is 6.27. The van der Waals surface area contributed by atoms with E-state index in [9.17, 15) is 9.59 Å². The summed E-state index contributed by atoms with van der Waals surface area (Å²) in [5.74, 6) is -0.104. The van der Waals surface area contributed by atoms with Gasteiger partial charge in [0.1, 0.15) is 12.5 Å². The van der Waals surface area contributed by atoms with Gasteiger partial charge in [0.15, 0.2) is 0 Å². The average molecular weight is 294 g/mol. The Hall–Kier alpha value is -1.61. The van der Waals surface area contributed by atoms with Crippen molar-refractivity contribution in [3.8, 4) is 6.07 Å². The highest BCUT2D eigenvalue weighted by Crippen LogP contribution is 2.16. The molecule has 1 N–H and O–H groups in total. The number of hydrogen-bond acceptors (Lipinski definition) is 4. The lowest BCUT2D eigenvalue weighted by Gasteiger charge is -2.26. The van der Waals surface area contributed by atoms with Gasteiger partial charge in [0.05, 0.1) is 6.07 Å². The van der Waals surface area contributed by atoms with Crippen LogP contribution in [0.1, 0.15) is 33.1 Å². The molecule has 0 bridgehead atoms. The normalized spacial score (nSPS) is 19.7. The summed E-state index contributed by atoms with van der Waals surface area (Å²) in [6, 6.07) is 1.67. The van der Waals surface area contributed by atoms with Crippen molar-refractivity contribution >= 4 is 11.8 Å². The topological polar surface area (TPSA) is 76.4 Å². The van der Waals surface area contributed by atoms with E-state index in [1.165, 1.54) is 0 Å². The average Bonchev–Trinajstić information content (AvgIpc) is 2.86. The number of amides is 2. The summed E-state index contributed by atoms with van der Waals surface area (Å²) in [5.41, 5.74) is 0. The Morgan fingerprint density at radius 3 is 2.57 bits per heavy atom. The highest BCUT2D eigenvalue weighted by molar-refractivity contribution is 5.88. The lowest BCUT2D eigenvalue weighted by molar-refractivity contribution is -0.136.